The molecule has 10 aromatic carbocycles. The Morgan fingerprint density at radius 3 is 1.11 bits per heavy atom. The third-order valence-corrected chi connectivity index (χ3v) is 31.3. The molecule has 0 heteroatoms. The molecule has 0 radical (unpaired) electrons. The van der Waals surface area contributed by atoms with Crippen molar-refractivity contribution in [2.24, 2.45) is 88.3 Å². The standard InChI is InChI=1S/C101H72/c1-96-81-56-55-79-78-52-51-75-74-48-47-72-73-49-50-76-77-53-54-80(81)89-88(77)99(69-41-31-64(32-42-69)59-21-11-4-12-22-59)85(76)84(73)97(67-37-27-62(28-38-67)57-17-7-2-8-18-57)82(72)83(74)98(68-39-29-63(30-40-68)58-19-9-3-10-20-58)86(75)87(78)100(95(79)96,70-43-33-65(34-44-70)60-23-13-5-14-24-60)93-91(98)90(97)92(99)94(93)101(89,96)71-45-35-66(36-46-71)61-25-15-6-16-26-61/h2-56,72-75,78,82-89,93H,1H3. The molecule has 0 aromatic heterocycles. The summed E-state index contributed by atoms with van der Waals surface area (Å²) in [7, 11) is 0. The fourth-order valence-corrected chi connectivity index (χ4v) is 29.4. The van der Waals surface area contributed by atoms with Crippen LogP contribution in [0.5, 0.6) is 0 Å². The van der Waals surface area contributed by atoms with Crippen LogP contribution in [-0.4, -0.2) is 0 Å². The lowest BCUT2D eigenvalue weighted by Gasteiger charge is -2.72. The summed E-state index contributed by atoms with van der Waals surface area (Å²) < 4.78 is 0. The summed E-state index contributed by atoms with van der Waals surface area (Å²) in [6.45, 7) is 2.89. The first kappa shape index (κ1) is 54.4. The van der Waals surface area contributed by atoms with Gasteiger partial charge in [0.15, 0.2) is 0 Å². The van der Waals surface area contributed by atoms with E-state index in [2.05, 4.69) is 341 Å². The summed E-state index contributed by atoms with van der Waals surface area (Å²) in [5, 5.41) is 0. The first-order chi connectivity index (χ1) is 50.0. The van der Waals surface area contributed by atoms with Crippen molar-refractivity contribution in [1.29, 1.82) is 0 Å². The Kier molecular flexibility index (Phi) is 9.71. The Labute approximate surface area is 591 Å². The Morgan fingerprint density at radius 2 is 0.614 bits per heavy atom. The molecular formula is C101H72. The number of allylic oxidation sites excluding steroid dienone is 20. The second-order valence-electron chi connectivity index (χ2n) is 33.4. The van der Waals surface area contributed by atoms with Gasteiger partial charge >= 0.3 is 0 Å². The highest BCUT2D eigenvalue weighted by Gasteiger charge is 2.94. The van der Waals surface area contributed by atoms with Crippen molar-refractivity contribution in [2.75, 3.05) is 0 Å². The summed E-state index contributed by atoms with van der Waals surface area (Å²) in [6.07, 6.45) is 28.3. The van der Waals surface area contributed by atoms with E-state index in [0.29, 0.717) is 47.3 Å². The van der Waals surface area contributed by atoms with Crippen LogP contribution in [0, 0.1) is 88.3 Å². The van der Waals surface area contributed by atoms with E-state index >= 15 is 0 Å². The maximum Gasteiger partial charge on any atom is 0.0381 e. The maximum absolute atomic E-state index is 2.92. The normalized spacial score (nSPS) is 37.8. The van der Waals surface area contributed by atoms with E-state index in [4.69, 9.17) is 0 Å². The predicted octanol–water partition coefficient (Wildman–Crippen LogP) is 22.1. The summed E-state index contributed by atoms with van der Waals surface area (Å²) in [5.74, 6) is 3.71. The molecule has 0 amide bonds. The van der Waals surface area contributed by atoms with E-state index in [9.17, 15) is 0 Å². The fraction of sp³-hybridized carbons (Fsp3) is 0.208. The molecule has 5 saturated carbocycles. The molecular weight excluding hydrogens is 1210 g/mol. The fourth-order valence-electron chi connectivity index (χ4n) is 29.4. The SMILES string of the molecule is CC12C3=C4C=CC5=C6C=CC7C8C=CC9C%10C=CC%11C(=C1C1(c%12ccc(-c%13ccccc%13)cc%12)C%12C%13=C%14C%15=C%12C2(c2ccc(-c%12ccccc%12)cc2)C4C5C%15(c2ccc(-c4ccccc4)cc2)C6C7C%14(c2ccc(-c4ccccc4)cc2)C8C9C%13(c2ccc(-c4ccccc4)cc2)C%10C%111)C=C3. The predicted molar refractivity (Wildman–Crippen MR) is 406 cm³/mol. The lowest BCUT2D eigenvalue weighted by molar-refractivity contribution is -0.0118. The van der Waals surface area contributed by atoms with Crippen molar-refractivity contribution in [3.8, 4) is 55.6 Å². The molecule has 16 aliphatic carbocycles. The Morgan fingerprint density at radius 1 is 0.248 bits per heavy atom. The van der Waals surface area contributed by atoms with Crippen molar-refractivity contribution >= 4 is 0 Å². The quantitative estimate of drug-likeness (QED) is 0.120. The van der Waals surface area contributed by atoms with Crippen LogP contribution in [0.15, 0.2) is 389 Å². The summed E-state index contributed by atoms with van der Waals surface area (Å²) in [4.78, 5) is 0. The molecule has 0 bridgehead atoms. The van der Waals surface area contributed by atoms with E-state index < -0.39 is 21.7 Å². The average Bonchev–Trinajstić information content (AvgIpc) is 1.39. The molecule has 0 saturated heterocycles. The highest BCUT2D eigenvalue weighted by molar-refractivity contribution is 5.91. The van der Waals surface area contributed by atoms with E-state index in [1.54, 1.807) is 61.3 Å². The van der Waals surface area contributed by atoms with E-state index in [-0.39, 0.29) is 46.3 Å². The maximum atomic E-state index is 2.92. The van der Waals surface area contributed by atoms with Gasteiger partial charge in [0.2, 0.25) is 0 Å². The van der Waals surface area contributed by atoms with Gasteiger partial charge in [-0.05, 0) is 192 Å². The van der Waals surface area contributed by atoms with Gasteiger partial charge in [0, 0.05) is 62.1 Å². The number of rotatable bonds is 10. The van der Waals surface area contributed by atoms with Gasteiger partial charge in [-0.25, -0.2) is 0 Å². The molecule has 16 aliphatic rings. The molecule has 476 valence electrons. The number of fused-ring (bicyclic) bond motifs is 3. The molecule has 26 rings (SSSR count). The van der Waals surface area contributed by atoms with Crippen LogP contribution in [0.25, 0.3) is 55.6 Å². The van der Waals surface area contributed by atoms with Crippen LogP contribution in [0.4, 0.5) is 0 Å². The zero-order valence-corrected chi connectivity index (χ0v) is 56.3. The minimum Gasteiger partial charge on any atom is -0.0842 e. The van der Waals surface area contributed by atoms with Crippen molar-refractivity contribution in [1.82, 2.24) is 0 Å². The third-order valence-electron chi connectivity index (χ3n) is 31.3. The minimum absolute atomic E-state index is 0.0535. The zero-order valence-electron chi connectivity index (χ0n) is 56.3. The Bertz CT molecular complexity index is 5750. The number of benzene rings is 10. The van der Waals surface area contributed by atoms with Crippen molar-refractivity contribution in [3.05, 3.63) is 417 Å². The Balaban J connectivity index is 0.896. The van der Waals surface area contributed by atoms with Gasteiger partial charge in [-0.3, -0.25) is 0 Å². The summed E-state index contributed by atoms with van der Waals surface area (Å²) in [6, 6.07) is 109. The molecule has 0 spiro atoms. The van der Waals surface area contributed by atoms with Crippen LogP contribution in [-0.2, 0) is 27.1 Å². The van der Waals surface area contributed by atoms with E-state index in [1.165, 1.54) is 61.2 Å². The Hall–Kier alpha value is -10.4. The highest BCUT2D eigenvalue weighted by atomic mass is 15.0. The van der Waals surface area contributed by atoms with Crippen LogP contribution in [0.1, 0.15) is 34.7 Å². The van der Waals surface area contributed by atoms with Crippen LogP contribution in [0.2, 0.25) is 0 Å². The zero-order chi connectivity index (χ0) is 65.4. The molecule has 101 heavy (non-hydrogen) atoms. The van der Waals surface area contributed by atoms with Crippen LogP contribution < -0.4 is 0 Å². The van der Waals surface area contributed by atoms with Crippen LogP contribution >= 0.6 is 0 Å². The van der Waals surface area contributed by atoms with Gasteiger partial charge in [0.1, 0.15) is 0 Å². The number of hydrogen-bond donors (Lipinski definition) is 0. The molecule has 0 N–H and O–H groups in total. The number of hydrogen-bond acceptors (Lipinski definition) is 0. The second-order valence-corrected chi connectivity index (χ2v) is 33.4. The van der Waals surface area contributed by atoms with Gasteiger partial charge in [-0.15, -0.1) is 0 Å². The molecule has 0 heterocycles. The smallest absolute Gasteiger partial charge is 0.0381 e. The monoisotopic (exact) mass is 1280 g/mol. The second kappa shape index (κ2) is 18.0. The van der Waals surface area contributed by atoms with Gasteiger partial charge in [-0.1, -0.05) is 341 Å². The van der Waals surface area contributed by atoms with Gasteiger partial charge in [0.05, 0.1) is 0 Å². The highest BCUT2D eigenvalue weighted by Crippen LogP contribution is 2.97. The van der Waals surface area contributed by atoms with Gasteiger partial charge in [-0.2, -0.15) is 0 Å². The third kappa shape index (κ3) is 5.56. The molecule has 10 aromatic rings. The molecule has 0 nitrogen and oxygen atoms in total. The molecule has 0 aliphatic heterocycles. The van der Waals surface area contributed by atoms with Gasteiger partial charge < -0.3 is 0 Å². The molecule has 5 fully saturated rings. The molecule has 20 unspecified atom stereocenters. The first-order valence-electron chi connectivity index (χ1n) is 37.9. The first-order valence-corrected chi connectivity index (χ1v) is 37.9. The van der Waals surface area contributed by atoms with Crippen molar-refractivity contribution < 1.29 is 0 Å². The van der Waals surface area contributed by atoms with E-state index in [1.807, 2.05) is 16.7 Å². The summed E-state index contributed by atoms with van der Waals surface area (Å²) in [5.41, 5.74) is 35.5. The molecule has 20 atom stereocenters. The van der Waals surface area contributed by atoms with E-state index in [0.717, 1.165) is 0 Å². The van der Waals surface area contributed by atoms with Crippen LogP contribution in [0.3, 0.4) is 0 Å². The van der Waals surface area contributed by atoms with Gasteiger partial charge in [0.25, 0.3) is 0 Å². The lowest BCUT2D eigenvalue weighted by atomic mass is 9.30. The average molecular weight is 1290 g/mol. The summed E-state index contributed by atoms with van der Waals surface area (Å²) >= 11 is 0. The van der Waals surface area contributed by atoms with Crippen molar-refractivity contribution in [3.63, 3.8) is 0 Å². The minimum atomic E-state index is -0.485. The van der Waals surface area contributed by atoms with Crippen molar-refractivity contribution in [2.45, 2.75) is 34.0 Å². The topological polar surface area (TPSA) is 0 Å². The largest absolute Gasteiger partial charge is 0.0842 e. The lowest BCUT2D eigenvalue weighted by Crippen LogP contribution is -2.70.